The summed E-state index contributed by atoms with van der Waals surface area (Å²) in [5.41, 5.74) is 2.78. The van der Waals surface area contributed by atoms with Crippen LogP contribution in [0, 0.1) is 17.1 Å². The Labute approximate surface area is 103 Å². The first-order valence-electron chi connectivity index (χ1n) is 5.56. The Morgan fingerprint density at radius 3 is 2.67 bits per heavy atom. The van der Waals surface area contributed by atoms with Gasteiger partial charge in [-0.3, -0.25) is 0 Å². The predicted octanol–water partition coefficient (Wildman–Crippen LogP) is 3.85. The van der Waals surface area contributed by atoms with Gasteiger partial charge < -0.3 is 4.98 Å². The van der Waals surface area contributed by atoms with E-state index in [4.69, 9.17) is 0 Å². The van der Waals surface area contributed by atoms with Gasteiger partial charge in [0.05, 0.1) is 11.3 Å². The Kier molecular flexibility index (Phi) is 2.35. The minimum absolute atomic E-state index is 0.310. The third-order valence-corrected chi connectivity index (χ3v) is 2.93. The number of hydrogen-bond acceptors (Lipinski definition) is 1. The first-order chi connectivity index (χ1) is 8.79. The van der Waals surface area contributed by atoms with E-state index >= 15 is 0 Å². The Morgan fingerprint density at radius 1 is 1.06 bits per heavy atom. The molecule has 0 spiro atoms. The van der Waals surface area contributed by atoms with E-state index in [-0.39, 0.29) is 5.82 Å². The zero-order chi connectivity index (χ0) is 12.5. The highest BCUT2D eigenvalue weighted by Gasteiger charge is 2.12. The van der Waals surface area contributed by atoms with Crippen molar-refractivity contribution in [1.29, 1.82) is 5.26 Å². The molecule has 3 heteroatoms. The third kappa shape index (κ3) is 1.56. The van der Waals surface area contributed by atoms with E-state index < -0.39 is 0 Å². The molecular formula is C15H9FN2. The number of hydrogen-bond donors (Lipinski definition) is 1. The lowest BCUT2D eigenvalue weighted by Gasteiger charge is -1.98. The van der Waals surface area contributed by atoms with Crippen LogP contribution in [-0.2, 0) is 0 Å². The lowest BCUT2D eigenvalue weighted by molar-refractivity contribution is 0.628. The number of rotatable bonds is 1. The van der Waals surface area contributed by atoms with Crippen LogP contribution < -0.4 is 0 Å². The van der Waals surface area contributed by atoms with Crippen molar-refractivity contribution in [2.45, 2.75) is 0 Å². The van der Waals surface area contributed by atoms with E-state index in [1.807, 2.05) is 24.3 Å². The molecule has 0 bridgehead atoms. The van der Waals surface area contributed by atoms with Crippen LogP contribution in [0.2, 0.25) is 0 Å². The molecule has 2 aromatic carbocycles. The first-order valence-corrected chi connectivity index (χ1v) is 5.56. The molecule has 0 amide bonds. The van der Waals surface area contributed by atoms with Crippen LogP contribution in [0.1, 0.15) is 5.56 Å². The van der Waals surface area contributed by atoms with Gasteiger partial charge in [0, 0.05) is 16.5 Å². The molecule has 0 aliphatic rings. The molecular weight excluding hydrogens is 227 g/mol. The number of aromatic amines is 1. The zero-order valence-electron chi connectivity index (χ0n) is 9.44. The highest BCUT2D eigenvalue weighted by atomic mass is 19.1. The third-order valence-electron chi connectivity index (χ3n) is 2.93. The Morgan fingerprint density at radius 2 is 1.89 bits per heavy atom. The fraction of sp³-hybridized carbons (Fsp3) is 0. The number of nitriles is 1. The summed E-state index contributed by atoms with van der Waals surface area (Å²) in [6.45, 7) is 0. The highest BCUT2D eigenvalue weighted by molar-refractivity contribution is 5.93. The number of nitrogens with zero attached hydrogens (tertiary/aromatic N) is 1. The molecule has 0 aliphatic heterocycles. The van der Waals surface area contributed by atoms with Crippen LogP contribution in [0.15, 0.2) is 48.5 Å². The summed E-state index contributed by atoms with van der Waals surface area (Å²) >= 11 is 0. The van der Waals surface area contributed by atoms with E-state index in [9.17, 15) is 9.65 Å². The Balaban J connectivity index is 2.33. The van der Waals surface area contributed by atoms with Gasteiger partial charge in [-0.1, -0.05) is 30.3 Å². The van der Waals surface area contributed by atoms with Gasteiger partial charge in [-0.2, -0.15) is 5.26 Å². The summed E-state index contributed by atoms with van der Waals surface area (Å²) in [5.74, 6) is -0.310. The Hall–Kier alpha value is -2.60. The largest absolute Gasteiger partial charge is 0.353 e. The van der Waals surface area contributed by atoms with Crippen molar-refractivity contribution < 1.29 is 4.39 Å². The van der Waals surface area contributed by atoms with Gasteiger partial charge in [-0.05, 0) is 18.2 Å². The number of halogens is 1. The summed E-state index contributed by atoms with van der Waals surface area (Å²) in [7, 11) is 0. The topological polar surface area (TPSA) is 39.6 Å². The van der Waals surface area contributed by atoms with Crippen molar-refractivity contribution in [2.75, 3.05) is 0 Å². The molecule has 0 fully saturated rings. The molecule has 0 atom stereocenters. The quantitative estimate of drug-likeness (QED) is 0.685. The van der Waals surface area contributed by atoms with Gasteiger partial charge >= 0.3 is 0 Å². The summed E-state index contributed by atoms with van der Waals surface area (Å²) in [6, 6.07) is 16.0. The molecule has 18 heavy (non-hydrogen) atoms. The van der Waals surface area contributed by atoms with E-state index in [0.29, 0.717) is 16.8 Å². The molecule has 1 heterocycles. The summed E-state index contributed by atoms with van der Waals surface area (Å²) in [6.07, 6.45) is 0. The average Bonchev–Trinajstić information content (AvgIpc) is 2.77. The maximum absolute atomic E-state index is 13.2. The summed E-state index contributed by atoms with van der Waals surface area (Å²) in [4.78, 5) is 3.17. The molecule has 3 aromatic rings. The average molecular weight is 236 g/mol. The molecule has 0 radical (unpaired) electrons. The van der Waals surface area contributed by atoms with Crippen molar-refractivity contribution in [2.24, 2.45) is 0 Å². The maximum Gasteiger partial charge on any atom is 0.123 e. The lowest BCUT2D eigenvalue weighted by Crippen LogP contribution is -1.83. The molecule has 1 N–H and O–H groups in total. The Bertz CT molecular complexity index is 766. The number of fused-ring (bicyclic) bond motifs is 1. The second kappa shape index (κ2) is 4.01. The fourth-order valence-corrected chi connectivity index (χ4v) is 2.12. The van der Waals surface area contributed by atoms with Crippen LogP contribution in [0.5, 0.6) is 0 Å². The molecule has 86 valence electrons. The van der Waals surface area contributed by atoms with Crippen molar-refractivity contribution in [1.82, 2.24) is 4.98 Å². The van der Waals surface area contributed by atoms with Gasteiger partial charge in [0.1, 0.15) is 11.9 Å². The van der Waals surface area contributed by atoms with Gasteiger partial charge in [-0.15, -0.1) is 0 Å². The fourth-order valence-electron chi connectivity index (χ4n) is 2.12. The van der Waals surface area contributed by atoms with Crippen LogP contribution in [0.4, 0.5) is 4.39 Å². The molecule has 3 rings (SSSR count). The molecule has 0 saturated carbocycles. The van der Waals surface area contributed by atoms with E-state index in [1.54, 1.807) is 12.1 Å². The van der Waals surface area contributed by atoms with E-state index in [1.165, 1.54) is 12.1 Å². The minimum atomic E-state index is -0.310. The van der Waals surface area contributed by atoms with Crippen molar-refractivity contribution >= 4 is 10.9 Å². The number of H-pyrrole nitrogens is 1. The van der Waals surface area contributed by atoms with E-state index in [0.717, 1.165) is 10.9 Å². The second-order valence-corrected chi connectivity index (χ2v) is 4.04. The second-order valence-electron chi connectivity index (χ2n) is 4.04. The normalized spacial score (nSPS) is 10.4. The monoisotopic (exact) mass is 236 g/mol. The van der Waals surface area contributed by atoms with Crippen LogP contribution in [0.3, 0.4) is 0 Å². The van der Waals surface area contributed by atoms with Crippen molar-refractivity contribution in [3.63, 3.8) is 0 Å². The van der Waals surface area contributed by atoms with Crippen molar-refractivity contribution in [3.05, 3.63) is 59.9 Å². The molecule has 0 aliphatic carbocycles. The number of aromatic nitrogens is 1. The minimum Gasteiger partial charge on any atom is -0.353 e. The molecule has 0 unspecified atom stereocenters. The lowest BCUT2D eigenvalue weighted by atomic mass is 10.1. The highest BCUT2D eigenvalue weighted by Crippen LogP contribution is 2.29. The predicted molar refractivity (Wildman–Crippen MR) is 68.4 cm³/mol. The van der Waals surface area contributed by atoms with Gasteiger partial charge in [0.25, 0.3) is 0 Å². The van der Waals surface area contributed by atoms with Gasteiger partial charge in [-0.25, -0.2) is 4.39 Å². The van der Waals surface area contributed by atoms with Crippen LogP contribution >= 0.6 is 0 Å². The first kappa shape index (κ1) is 10.5. The zero-order valence-corrected chi connectivity index (χ0v) is 9.44. The molecule has 0 saturated heterocycles. The van der Waals surface area contributed by atoms with Crippen LogP contribution in [0.25, 0.3) is 22.2 Å². The number of nitrogens with one attached hydrogen (secondary N) is 1. The van der Waals surface area contributed by atoms with Crippen LogP contribution in [-0.4, -0.2) is 4.98 Å². The van der Waals surface area contributed by atoms with E-state index in [2.05, 4.69) is 11.1 Å². The van der Waals surface area contributed by atoms with Crippen molar-refractivity contribution in [3.8, 4) is 17.3 Å². The smallest absolute Gasteiger partial charge is 0.123 e. The van der Waals surface area contributed by atoms with Gasteiger partial charge in [0.15, 0.2) is 0 Å². The number of benzene rings is 2. The molecule has 1 aromatic heterocycles. The summed E-state index contributed by atoms with van der Waals surface area (Å²) in [5, 5.41) is 10.1. The summed E-state index contributed by atoms with van der Waals surface area (Å²) < 4.78 is 13.2. The maximum atomic E-state index is 13.2. The number of para-hydroxylation sites is 1. The molecule has 2 nitrogen and oxygen atoms in total. The van der Waals surface area contributed by atoms with Gasteiger partial charge in [0.2, 0.25) is 0 Å². The SMILES string of the molecule is N#Cc1c(-c2cccc(F)c2)[nH]c2ccccc12. The standard InChI is InChI=1S/C15H9FN2/c16-11-5-3-4-10(8-11)15-13(9-17)12-6-1-2-7-14(12)18-15/h1-8,18H.